The normalized spacial score (nSPS) is 29.5. The second-order valence-electron chi connectivity index (χ2n) is 3.59. The molecule has 2 rings (SSSR count). The van der Waals surface area contributed by atoms with Crippen LogP contribution in [0.3, 0.4) is 0 Å². The Hall–Kier alpha value is -0.760. The molecule has 0 aromatic carbocycles. The first-order valence-electron chi connectivity index (χ1n) is 4.42. The third kappa shape index (κ3) is 1.16. The second-order valence-corrected chi connectivity index (χ2v) is 3.59. The van der Waals surface area contributed by atoms with E-state index in [9.17, 15) is 0 Å². The first-order chi connectivity index (χ1) is 5.71. The minimum atomic E-state index is -0.158. The van der Waals surface area contributed by atoms with E-state index >= 15 is 0 Å². The van der Waals surface area contributed by atoms with E-state index in [0.29, 0.717) is 0 Å². The van der Waals surface area contributed by atoms with Crippen LogP contribution in [0.2, 0.25) is 0 Å². The molecular formula is C10H14O2. The summed E-state index contributed by atoms with van der Waals surface area (Å²) in [5.41, 5.74) is -0.158. The highest BCUT2D eigenvalue weighted by atomic mass is 16.5. The summed E-state index contributed by atoms with van der Waals surface area (Å²) >= 11 is 0. The van der Waals surface area contributed by atoms with E-state index < -0.39 is 0 Å². The van der Waals surface area contributed by atoms with Crippen LogP contribution in [-0.2, 0) is 10.3 Å². The van der Waals surface area contributed by atoms with Gasteiger partial charge in [0, 0.05) is 6.61 Å². The first-order valence-corrected chi connectivity index (χ1v) is 4.42. The van der Waals surface area contributed by atoms with Crippen LogP contribution < -0.4 is 0 Å². The number of aryl methyl sites for hydroxylation is 1. The van der Waals surface area contributed by atoms with Gasteiger partial charge in [-0.2, -0.15) is 0 Å². The van der Waals surface area contributed by atoms with Gasteiger partial charge < -0.3 is 9.15 Å². The Morgan fingerprint density at radius 1 is 1.42 bits per heavy atom. The predicted molar refractivity (Wildman–Crippen MR) is 46.0 cm³/mol. The van der Waals surface area contributed by atoms with E-state index in [4.69, 9.17) is 9.15 Å². The molecule has 0 unspecified atom stereocenters. The monoisotopic (exact) mass is 166 g/mol. The van der Waals surface area contributed by atoms with Crippen LogP contribution in [0.4, 0.5) is 0 Å². The Kier molecular flexibility index (Phi) is 1.72. The molecule has 0 saturated carbocycles. The summed E-state index contributed by atoms with van der Waals surface area (Å²) in [5.74, 6) is 1.93. The maximum atomic E-state index is 5.65. The highest BCUT2D eigenvalue weighted by Gasteiger charge is 2.34. The summed E-state index contributed by atoms with van der Waals surface area (Å²) in [4.78, 5) is 0. The van der Waals surface area contributed by atoms with Crippen LogP contribution in [0, 0.1) is 6.92 Å². The zero-order chi connectivity index (χ0) is 8.60. The molecular weight excluding hydrogens is 152 g/mol. The highest BCUT2D eigenvalue weighted by Crippen LogP contribution is 2.36. The van der Waals surface area contributed by atoms with Gasteiger partial charge in [-0.05, 0) is 38.8 Å². The quantitative estimate of drug-likeness (QED) is 0.639. The van der Waals surface area contributed by atoms with Gasteiger partial charge >= 0.3 is 0 Å². The molecule has 12 heavy (non-hydrogen) atoms. The Morgan fingerprint density at radius 3 is 2.75 bits per heavy atom. The minimum absolute atomic E-state index is 0.158. The molecule has 1 saturated heterocycles. The Bertz CT molecular complexity index is 269. The smallest absolute Gasteiger partial charge is 0.135 e. The third-order valence-electron chi connectivity index (χ3n) is 2.48. The Balaban J connectivity index is 2.28. The molecule has 2 nitrogen and oxygen atoms in total. The van der Waals surface area contributed by atoms with Gasteiger partial charge in [0.25, 0.3) is 0 Å². The standard InChI is InChI=1S/C10H14O2/c1-8-4-5-9(12-8)10(2)6-3-7-11-10/h4-5H,3,6-7H2,1-2H3/t10-/m0/s1. The minimum Gasteiger partial charge on any atom is -0.463 e. The molecule has 1 aliphatic rings. The Morgan fingerprint density at radius 2 is 2.25 bits per heavy atom. The molecule has 1 fully saturated rings. The molecule has 0 amide bonds. The molecule has 0 radical (unpaired) electrons. The van der Waals surface area contributed by atoms with Gasteiger partial charge in [-0.15, -0.1) is 0 Å². The van der Waals surface area contributed by atoms with Crippen LogP contribution in [0.15, 0.2) is 16.5 Å². The topological polar surface area (TPSA) is 22.4 Å². The summed E-state index contributed by atoms with van der Waals surface area (Å²) in [6, 6.07) is 4.00. The van der Waals surface area contributed by atoms with Gasteiger partial charge in [0.05, 0.1) is 0 Å². The SMILES string of the molecule is Cc1ccc([C@]2(C)CCCO2)o1. The fourth-order valence-electron chi connectivity index (χ4n) is 1.69. The molecule has 1 aliphatic heterocycles. The van der Waals surface area contributed by atoms with E-state index in [0.717, 1.165) is 31.0 Å². The summed E-state index contributed by atoms with van der Waals surface area (Å²) < 4.78 is 11.2. The van der Waals surface area contributed by atoms with Crippen molar-refractivity contribution in [2.24, 2.45) is 0 Å². The number of furan rings is 1. The van der Waals surface area contributed by atoms with E-state index in [-0.39, 0.29) is 5.60 Å². The van der Waals surface area contributed by atoms with Crippen molar-refractivity contribution in [3.8, 4) is 0 Å². The lowest BCUT2D eigenvalue weighted by molar-refractivity contribution is -0.00141. The van der Waals surface area contributed by atoms with E-state index in [1.807, 2.05) is 19.1 Å². The van der Waals surface area contributed by atoms with E-state index in [1.54, 1.807) is 0 Å². The lowest BCUT2D eigenvalue weighted by atomic mass is 10.0. The number of rotatable bonds is 1. The summed E-state index contributed by atoms with van der Waals surface area (Å²) in [5, 5.41) is 0. The molecule has 0 bridgehead atoms. The molecule has 2 heteroatoms. The van der Waals surface area contributed by atoms with Gasteiger partial charge in [-0.25, -0.2) is 0 Å². The first kappa shape index (κ1) is 7.87. The summed E-state index contributed by atoms with van der Waals surface area (Å²) in [6.07, 6.45) is 2.20. The van der Waals surface area contributed by atoms with Crippen LogP contribution in [0.1, 0.15) is 31.3 Å². The number of hydrogen-bond donors (Lipinski definition) is 0. The van der Waals surface area contributed by atoms with Gasteiger partial charge in [0.1, 0.15) is 17.1 Å². The van der Waals surface area contributed by atoms with Crippen LogP contribution in [0.5, 0.6) is 0 Å². The van der Waals surface area contributed by atoms with Crippen molar-refractivity contribution in [3.63, 3.8) is 0 Å². The van der Waals surface area contributed by atoms with Crippen molar-refractivity contribution >= 4 is 0 Å². The maximum absolute atomic E-state index is 5.65. The Labute approximate surface area is 72.5 Å². The van der Waals surface area contributed by atoms with Crippen LogP contribution in [0.25, 0.3) is 0 Å². The van der Waals surface area contributed by atoms with E-state index in [1.165, 1.54) is 0 Å². The fraction of sp³-hybridized carbons (Fsp3) is 0.600. The largest absolute Gasteiger partial charge is 0.463 e. The van der Waals surface area contributed by atoms with Gasteiger partial charge in [0.2, 0.25) is 0 Å². The molecule has 66 valence electrons. The second kappa shape index (κ2) is 2.63. The zero-order valence-corrected chi connectivity index (χ0v) is 7.59. The molecule has 2 heterocycles. The van der Waals surface area contributed by atoms with Crippen LogP contribution >= 0.6 is 0 Å². The van der Waals surface area contributed by atoms with E-state index in [2.05, 4.69) is 6.92 Å². The molecule has 0 spiro atoms. The van der Waals surface area contributed by atoms with Crippen LogP contribution in [-0.4, -0.2) is 6.61 Å². The number of hydrogen-bond acceptors (Lipinski definition) is 2. The predicted octanol–water partition coefficient (Wildman–Crippen LogP) is 2.61. The zero-order valence-electron chi connectivity index (χ0n) is 7.59. The number of ether oxygens (including phenoxy) is 1. The highest BCUT2D eigenvalue weighted by molar-refractivity contribution is 5.13. The van der Waals surface area contributed by atoms with Crippen molar-refractivity contribution in [2.45, 2.75) is 32.3 Å². The summed E-state index contributed by atoms with van der Waals surface area (Å²) in [6.45, 7) is 4.91. The molecule has 1 aromatic heterocycles. The molecule has 1 atom stereocenters. The van der Waals surface area contributed by atoms with Gasteiger partial charge in [-0.1, -0.05) is 0 Å². The lowest BCUT2D eigenvalue weighted by Crippen LogP contribution is -2.18. The average Bonchev–Trinajstić information content (AvgIpc) is 2.59. The molecule has 0 aliphatic carbocycles. The lowest BCUT2D eigenvalue weighted by Gasteiger charge is -2.19. The third-order valence-corrected chi connectivity index (χ3v) is 2.48. The molecule has 0 N–H and O–H groups in total. The fourth-order valence-corrected chi connectivity index (χ4v) is 1.69. The molecule has 1 aromatic rings. The van der Waals surface area contributed by atoms with Gasteiger partial charge in [0.15, 0.2) is 0 Å². The van der Waals surface area contributed by atoms with Crippen molar-refractivity contribution < 1.29 is 9.15 Å². The van der Waals surface area contributed by atoms with Crippen molar-refractivity contribution in [1.29, 1.82) is 0 Å². The average molecular weight is 166 g/mol. The summed E-state index contributed by atoms with van der Waals surface area (Å²) in [7, 11) is 0. The van der Waals surface area contributed by atoms with Crippen molar-refractivity contribution in [1.82, 2.24) is 0 Å². The van der Waals surface area contributed by atoms with Gasteiger partial charge in [-0.3, -0.25) is 0 Å². The van der Waals surface area contributed by atoms with Crippen molar-refractivity contribution in [2.75, 3.05) is 6.61 Å². The maximum Gasteiger partial charge on any atom is 0.135 e. The van der Waals surface area contributed by atoms with Crippen molar-refractivity contribution in [3.05, 3.63) is 23.7 Å².